The molecule has 2 rings (SSSR count). The van der Waals surface area contributed by atoms with Gasteiger partial charge in [0.15, 0.2) is 0 Å². The van der Waals surface area contributed by atoms with Crippen LogP contribution in [0.1, 0.15) is 30.6 Å². The monoisotopic (exact) mass is 277 g/mol. The number of nitrogens with zero attached hydrogens (tertiary/aromatic N) is 1. The summed E-state index contributed by atoms with van der Waals surface area (Å²) >= 11 is 0. The Morgan fingerprint density at radius 3 is 2.60 bits per heavy atom. The van der Waals surface area contributed by atoms with Crippen LogP contribution in [0.2, 0.25) is 0 Å². The maximum absolute atomic E-state index is 12.3. The normalized spacial score (nSPS) is 18.6. The van der Waals surface area contributed by atoms with Crippen LogP contribution in [0.3, 0.4) is 0 Å². The van der Waals surface area contributed by atoms with E-state index in [1.54, 1.807) is 7.11 Å². The first-order valence-electron chi connectivity index (χ1n) is 7.15. The van der Waals surface area contributed by atoms with Crippen molar-refractivity contribution in [2.45, 2.75) is 26.4 Å². The second kappa shape index (κ2) is 6.75. The molecule has 1 aromatic rings. The molecule has 1 unspecified atom stereocenters. The van der Waals surface area contributed by atoms with Crippen molar-refractivity contribution in [2.75, 3.05) is 26.8 Å². The van der Waals surface area contributed by atoms with Crippen LogP contribution in [0.15, 0.2) is 24.3 Å². The lowest BCUT2D eigenvalue weighted by Crippen LogP contribution is -2.29. The van der Waals surface area contributed by atoms with Crippen LogP contribution >= 0.6 is 0 Å². The number of hydrogen-bond donors (Lipinski definition) is 0. The van der Waals surface area contributed by atoms with Crippen molar-refractivity contribution in [3.63, 3.8) is 0 Å². The Balaban J connectivity index is 1.94. The van der Waals surface area contributed by atoms with Gasteiger partial charge in [-0.15, -0.1) is 0 Å². The summed E-state index contributed by atoms with van der Waals surface area (Å²) in [6.07, 6.45) is 1.09. The molecule has 0 aromatic heterocycles. The highest BCUT2D eigenvalue weighted by Gasteiger charge is 2.26. The van der Waals surface area contributed by atoms with Crippen LogP contribution < -0.4 is 4.74 Å². The van der Waals surface area contributed by atoms with Gasteiger partial charge in [0.05, 0.1) is 12.7 Å². The van der Waals surface area contributed by atoms with Crippen molar-refractivity contribution in [1.29, 1.82) is 0 Å². The van der Waals surface area contributed by atoms with Gasteiger partial charge in [0.2, 0.25) is 0 Å². The molecule has 1 saturated heterocycles. The second-order valence-corrected chi connectivity index (χ2v) is 5.63. The fourth-order valence-corrected chi connectivity index (χ4v) is 2.24. The van der Waals surface area contributed by atoms with E-state index in [4.69, 9.17) is 9.47 Å². The molecule has 0 N–H and O–H groups in total. The van der Waals surface area contributed by atoms with Crippen molar-refractivity contribution in [1.82, 2.24) is 4.90 Å². The van der Waals surface area contributed by atoms with Crippen LogP contribution in [0.4, 0.5) is 0 Å². The number of rotatable bonds is 5. The molecule has 4 nitrogen and oxygen atoms in total. The molecule has 0 aliphatic carbocycles. The zero-order chi connectivity index (χ0) is 14.5. The van der Waals surface area contributed by atoms with Gasteiger partial charge in [-0.2, -0.15) is 0 Å². The van der Waals surface area contributed by atoms with Gasteiger partial charge in [-0.05, 0) is 36.6 Å². The van der Waals surface area contributed by atoms with E-state index in [-0.39, 0.29) is 12.0 Å². The van der Waals surface area contributed by atoms with Crippen molar-refractivity contribution in [2.24, 2.45) is 5.92 Å². The molecule has 1 aliphatic rings. The van der Waals surface area contributed by atoms with Crippen molar-refractivity contribution >= 4 is 5.91 Å². The van der Waals surface area contributed by atoms with E-state index in [9.17, 15) is 4.79 Å². The fourth-order valence-electron chi connectivity index (χ4n) is 2.24. The SMILES string of the molecule is COC1CCN(C(=O)c2ccc(OCC(C)C)cc2)C1. The molecule has 110 valence electrons. The molecule has 0 saturated carbocycles. The molecule has 20 heavy (non-hydrogen) atoms. The second-order valence-electron chi connectivity index (χ2n) is 5.63. The van der Waals surface area contributed by atoms with Crippen LogP contribution in [0.5, 0.6) is 5.75 Å². The van der Waals surface area contributed by atoms with Crippen molar-refractivity contribution in [3.05, 3.63) is 29.8 Å². The van der Waals surface area contributed by atoms with E-state index in [0.29, 0.717) is 24.6 Å². The van der Waals surface area contributed by atoms with Crippen LogP contribution in [-0.4, -0.2) is 43.7 Å². The van der Waals surface area contributed by atoms with E-state index >= 15 is 0 Å². The summed E-state index contributed by atoms with van der Waals surface area (Å²) in [4.78, 5) is 14.2. The topological polar surface area (TPSA) is 38.8 Å². The lowest BCUT2D eigenvalue weighted by atomic mass is 10.2. The maximum Gasteiger partial charge on any atom is 0.253 e. The Kier molecular flexibility index (Phi) is 5.01. The van der Waals surface area contributed by atoms with E-state index in [1.165, 1.54) is 0 Å². The summed E-state index contributed by atoms with van der Waals surface area (Å²) in [7, 11) is 1.69. The third-order valence-electron chi connectivity index (χ3n) is 3.45. The van der Waals surface area contributed by atoms with Gasteiger partial charge in [-0.25, -0.2) is 0 Å². The number of ether oxygens (including phenoxy) is 2. The van der Waals surface area contributed by atoms with Crippen molar-refractivity contribution < 1.29 is 14.3 Å². The van der Waals surface area contributed by atoms with Crippen LogP contribution in [-0.2, 0) is 4.74 Å². The Morgan fingerprint density at radius 1 is 1.35 bits per heavy atom. The molecule has 0 radical (unpaired) electrons. The number of likely N-dealkylation sites (tertiary alicyclic amines) is 1. The lowest BCUT2D eigenvalue weighted by molar-refractivity contribution is 0.0724. The van der Waals surface area contributed by atoms with Gasteiger partial charge in [0.1, 0.15) is 5.75 Å². The average Bonchev–Trinajstić information content (AvgIpc) is 2.94. The third kappa shape index (κ3) is 3.73. The predicted molar refractivity (Wildman–Crippen MR) is 78.1 cm³/mol. The minimum absolute atomic E-state index is 0.0694. The van der Waals surface area contributed by atoms with Gasteiger partial charge in [0, 0.05) is 25.8 Å². The first-order chi connectivity index (χ1) is 9.60. The molecule has 1 fully saturated rings. The molecule has 0 bridgehead atoms. The number of benzene rings is 1. The number of carbonyl (C=O) groups is 1. The Hall–Kier alpha value is -1.55. The Morgan fingerprint density at radius 2 is 2.05 bits per heavy atom. The van der Waals surface area contributed by atoms with Gasteiger partial charge < -0.3 is 14.4 Å². The molecule has 1 atom stereocenters. The highest BCUT2D eigenvalue weighted by molar-refractivity contribution is 5.94. The van der Waals surface area contributed by atoms with Crippen molar-refractivity contribution in [3.8, 4) is 5.75 Å². The highest BCUT2D eigenvalue weighted by atomic mass is 16.5. The first kappa shape index (κ1) is 14.9. The molecule has 1 aromatic carbocycles. The van der Waals surface area contributed by atoms with Gasteiger partial charge in [-0.1, -0.05) is 13.8 Å². The Labute approximate surface area is 120 Å². The fraction of sp³-hybridized carbons (Fsp3) is 0.562. The first-order valence-corrected chi connectivity index (χ1v) is 7.15. The minimum atomic E-state index is 0.0694. The van der Waals surface area contributed by atoms with E-state index in [1.807, 2.05) is 29.2 Å². The number of amides is 1. The zero-order valence-corrected chi connectivity index (χ0v) is 12.5. The predicted octanol–water partition coefficient (Wildman–Crippen LogP) is 2.58. The van der Waals surface area contributed by atoms with Gasteiger partial charge in [0.25, 0.3) is 5.91 Å². The van der Waals surface area contributed by atoms with E-state index in [2.05, 4.69) is 13.8 Å². The minimum Gasteiger partial charge on any atom is -0.493 e. The quantitative estimate of drug-likeness (QED) is 0.830. The van der Waals surface area contributed by atoms with E-state index < -0.39 is 0 Å². The van der Waals surface area contributed by atoms with Crippen LogP contribution in [0.25, 0.3) is 0 Å². The van der Waals surface area contributed by atoms with Gasteiger partial charge >= 0.3 is 0 Å². The standard InChI is InChI=1S/C16H23NO3/c1-12(2)11-20-14-6-4-13(5-7-14)16(18)17-9-8-15(10-17)19-3/h4-7,12,15H,8-11H2,1-3H3. The molecule has 1 heterocycles. The summed E-state index contributed by atoms with van der Waals surface area (Å²) in [5.74, 6) is 1.37. The highest BCUT2D eigenvalue weighted by Crippen LogP contribution is 2.18. The molecule has 1 aliphatic heterocycles. The summed E-state index contributed by atoms with van der Waals surface area (Å²) < 4.78 is 10.9. The molecule has 4 heteroatoms. The summed E-state index contributed by atoms with van der Waals surface area (Å²) in [6, 6.07) is 7.38. The zero-order valence-electron chi connectivity index (χ0n) is 12.5. The lowest BCUT2D eigenvalue weighted by Gasteiger charge is -2.16. The van der Waals surface area contributed by atoms with Crippen LogP contribution in [0, 0.1) is 5.92 Å². The number of methoxy groups -OCH3 is 1. The molecular weight excluding hydrogens is 254 g/mol. The molecule has 0 spiro atoms. The molecular formula is C16H23NO3. The summed E-state index contributed by atoms with van der Waals surface area (Å²) in [5, 5.41) is 0. The summed E-state index contributed by atoms with van der Waals surface area (Å²) in [6.45, 7) is 6.35. The smallest absolute Gasteiger partial charge is 0.253 e. The number of hydrogen-bond acceptors (Lipinski definition) is 3. The van der Waals surface area contributed by atoms with E-state index in [0.717, 1.165) is 18.7 Å². The third-order valence-corrected chi connectivity index (χ3v) is 3.45. The molecule has 1 amide bonds. The largest absolute Gasteiger partial charge is 0.493 e. The van der Waals surface area contributed by atoms with Gasteiger partial charge in [-0.3, -0.25) is 4.79 Å². The Bertz CT molecular complexity index is 442. The number of carbonyl (C=O) groups excluding carboxylic acids is 1. The summed E-state index contributed by atoms with van der Waals surface area (Å²) in [5.41, 5.74) is 0.707. The maximum atomic E-state index is 12.3. The average molecular weight is 277 g/mol.